The summed E-state index contributed by atoms with van der Waals surface area (Å²) in [6.45, 7) is 3.14. The van der Waals surface area contributed by atoms with Crippen molar-refractivity contribution >= 4 is 40.7 Å². The quantitative estimate of drug-likeness (QED) is 0.609. The first kappa shape index (κ1) is 20.7. The molecule has 3 rings (SSSR count). The highest BCUT2D eigenvalue weighted by Gasteiger charge is 2.26. The van der Waals surface area contributed by atoms with E-state index >= 15 is 0 Å². The number of aromatic amines is 1. The molecule has 2 amide bonds. The van der Waals surface area contributed by atoms with Crippen LogP contribution in [0.15, 0.2) is 23.6 Å². The van der Waals surface area contributed by atoms with Crippen LogP contribution in [0.1, 0.15) is 26.2 Å². The third kappa shape index (κ3) is 5.51. The maximum atomic E-state index is 12.6. The minimum absolute atomic E-state index is 0.0811. The summed E-state index contributed by atoms with van der Waals surface area (Å²) in [6, 6.07) is 5.86. The van der Waals surface area contributed by atoms with Gasteiger partial charge in [-0.3, -0.25) is 14.7 Å². The van der Waals surface area contributed by atoms with E-state index in [0.717, 1.165) is 43.2 Å². The first-order chi connectivity index (χ1) is 13.6. The zero-order valence-electron chi connectivity index (χ0n) is 16.2. The third-order valence-corrected chi connectivity index (χ3v) is 6.37. The van der Waals surface area contributed by atoms with Crippen molar-refractivity contribution in [2.24, 2.45) is 0 Å². The fourth-order valence-corrected chi connectivity index (χ4v) is 4.50. The van der Waals surface area contributed by atoms with Gasteiger partial charge in [-0.25, -0.2) is 0 Å². The zero-order chi connectivity index (χ0) is 19.9. The number of anilines is 1. The van der Waals surface area contributed by atoms with Crippen molar-refractivity contribution in [3.05, 3.63) is 23.6 Å². The van der Waals surface area contributed by atoms with E-state index in [4.69, 9.17) is 0 Å². The summed E-state index contributed by atoms with van der Waals surface area (Å²) < 4.78 is 0. The van der Waals surface area contributed by atoms with E-state index in [1.807, 2.05) is 12.3 Å². The molecule has 0 spiro atoms. The van der Waals surface area contributed by atoms with Gasteiger partial charge in [-0.1, -0.05) is 6.07 Å². The Bertz CT molecular complexity index is 769. The van der Waals surface area contributed by atoms with Crippen molar-refractivity contribution in [2.45, 2.75) is 38.3 Å². The Morgan fingerprint density at radius 3 is 2.86 bits per heavy atom. The molecule has 2 aromatic heterocycles. The Hall–Kier alpha value is -2.00. The number of carbonyl (C=O) groups excluding carboxylic acids is 2. The minimum Gasteiger partial charge on any atom is -0.355 e. The Morgan fingerprint density at radius 2 is 2.21 bits per heavy atom. The molecule has 0 radical (unpaired) electrons. The molecule has 0 aliphatic carbocycles. The molecule has 1 saturated heterocycles. The van der Waals surface area contributed by atoms with Gasteiger partial charge in [0.15, 0.2) is 5.82 Å². The number of nitrogens with one attached hydrogen (secondary N) is 3. The molecule has 0 saturated carbocycles. The van der Waals surface area contributed by atoms with Crippen LogP contribution in [0.3, 0.4) is 0 Å². The highest BCUT2D eigenvalue weighted by molar-refractivity contribution is 7.98. The van der Waals surface area contributed by atoms with E-state index < -0.39 is 6.04 Å². The standard InChI is InChI=1S/C19H27N5O2S2/c1-13(25)20-15(7-11-27-2)19(26)21-14-5-8-24(9-6-14)18-12-16(22-23-18)17-4-3-10-28-17/h3-4,10,12,14-15H,5-9,11H2,1-2H3,(H,20,25)(H,21,26)(H,22,23)/t15-/m1/s1. The van der Waals surface area contributed by atoms with Gasteiger partial charge in [-0.2, -0.15) is 16.9 Å². The molecule has 3 N–H and O–H groups in total. The molecule has 9 heteroatoms. The molecule has 0 aromatic carbocycles. The molecule has 28 heavy (non-hydrogen) atoms. The molecule has 1 aliphatic heterocycles. The molecule has 7 nitrogen and oxygen atoms in total. The largest absolute Gasteiger partial charge is 0.355 e. The van der Waals surface area contributed by atoms with Crippen molar-refractivity contribution in [3.8, 4) is 10.6 Å². The van der Waals surface area contributed by atoms with Crippen molar-refractivity contribution in [1.29, 1.82) is 0 Å². The van der Waals surface area contributed by atoms with Gasteiger partial charge < -0.3 is 15.5 Å². The molecule has 1 fully saturated rings. The molecular weight excluding hydrogens is 394 g/mol. The molecule has 152 valence electrons. The number of rotatable bonds is 8. The lowest BCUT2D eigenvalue weighted by Crippen LogP contribution is -2.52. The average molecular weight is 422 g/mol. The maximum Gasteiger partial charge on any atom is 0.242 e. The fraction of sp³-hybridized carbons (Fsp3) is 0.526. The van der Waals surface area contributed by atoms with Gasteiger partial charge in [0, 0.05) is 32.1 Å². The first-order valence-electron chi connectivity index (χ1n) is 9.47. The van der Waals surface area contributed by atoms with E-state index in [9.17, 15) is 9.59 Å². The predicted molar refractivity (Wildman–Crippen MR) is 116 cm³/mol. The van der Waals surface area contributed by atoms with Crippen molar-refractivity contribution in [2.75, 3.05) is 30.0 Å². The highest BCUT2D eigenvalue weighted by Crippen LogP contribution is 2.27. The smallest absolute Gasteiger partial charge is 0.242 e. The molecular formula is C19H27N5O2S2. The number of aromatic nitrogens is 2. The number of thiophene rings is 1. The van der Waals surface area contributed by atoms with Gasteiger partial charge in [-0.15, -0.1) is 11.3 Å². The summed E-state index contributed by atoms with van der Waals surface area (Å²) in [5.74, 6) is 1.53. The highest BCUT2D eigenvalue weighted by atomic mass is 32.2. The first-order valence-corrected chi connectivity index (χ1v) is 11.7. The van der Waals surface area contributed by atoms with Crippen LogP contribution in [-0.2, 0) is 9.59 Å². The second kappa shape index (κ2) is 9.97. The monoisotopic (exact) mass is 421 g/mol. The lowest BCUT2D eigenvalue weighted by atomic mass is 10.0. The van der Waals surface area contributed by atoms with Gasteiger partial charge in [0.2, 0.25) is 11.8 Å². The molecule has 3 heterocycles. The number of hydrogen-bond acceptors (Lipinski definition) is 6. The van der Waals surface area contributed by atoms with E-state index in [1.54, 1.807) is 23.1 Å². The van der Waals surface area contributed by atoms with Gasteiger partial charge >= 0.3 is 0 Å². The summed E-state index contributed by atoms with van der Waals surface area (Å²) >= 11 is 3.36. The predicted octanol–water partition coefficient (Wildman–Crippen LogP) is 2.48. The van der Waals surface area contributed by atoms with Crippen LogP contribution in [0, 0.1) is 0 Å². The number of nitrogens with zero attached hydrogens (tertiary/aromatic N) is 2. The second-order valence-corrected chi connectivity index (χ2v) is 8.85. The Morgan fingerprint density at radius 1 is 1.43 bits per heavy atom. The Kier molecular flexibility index (Phi) is 7.38. The van der Waals surface area contributed by atoms with Crippen LogP contribution in [0.5, 0.6) is 0 Å². The van der Waals surface area contributed by atoms with E-state index in [1.165, 1.54) is 11.8 Å². The number of amides is 2. The minimum atomic E-state index is -0.456. The number of H-pyrrole nitrogens is 1. The average Bonchev–Trinajstić information content (AvgIpc) is 3.36. The fourth-order valence-electron chi connectivity index (χ4n) is 3.34. The van der Waals surface area contributed by atoms with Crippen LogP contribution in [-0.4, -0.2) is 59.2 Å². The number of carbonyl (C=O) groups is 2. The van der Waals surface area contributed by atoms with Crippen LogP contribution in [0.4, 0.5) is 5.82 Å². The van der Waals surface area contributed by atoms with Crippen LogP contribution in [0.25, 0.3) is 10.6 Å². The van der Waals surface area contributed by atoms with Crippen molar-refractivity contribution in [1.82, 2.24) is 20.8 Å². The van der Waals surface area contributed by atoms with E-state index in [-0.39, 0.29) is 17.9 Å². The lowest BCUT2D eigenvalue weighted by molar-refractivity contribution is -0.128. The number of piperidine rings is 1. The maximum absolute atomic E-state index is 12.6. The van der Waals surface area contributed by atoms with Crippen molar-refractivity contribution in [3.63, 3.8) is 0 Å². The molecule has 2 aromatic rings. The third-order valence-electron chi connectivity index (χ3n) is 4.82. The van der Waals surface area contributed by atoms with Gasteiger partial charge in [0.05, 0.1) is 10.6 Å². The Balaban J connectivity index is 1.50. The molecule has 0 bridgehead atoms. The lowest BCUT2D eigenvalue weighted by Gasteiger charge is -2.33. The zero-order valence-corrected chi connectivity index (χ0v) is 17.9. The van der Waals surface area contributed by atoms with E-state index in [0.29, 0.717) is 6.42 Å². The SMILES string of the molecule is CSCC[C@@H](NC(C)=O)C(=O)NC1CCN(c2cc(-c3cccs3)[nH]n2)CC1. The number of thioether (sulfide) groups is 1. The number of hydrogen-bond donors (Lipinski definition) is 3. The Labute approximate surface area is 173 Å². The van der Waals surface area contributed by atoms with Gasteiger partial charge in [0.1, 0.15) is 6.04 Å². The summed E-state index contributed by atoms with van der Waals surface area (Å²) in [6.07, 6.45) is 4.37. The summed E-state index contributed by atoms with van der Waals surface area (Å²) in [5, 5.41) is 15.5. The summed E-state index contributed by atoms with van der Waals surface area (Å²) in [4.78, 5) is 27.4. The van der Waals surface area contributed by atoms with Crippen LogP contribution in [0.2, 0.25) is 0 Å². The summed E-state index contributed by atoms with van der Waals surface area (Å²) in [5.41, 5.74) is 1.03. The molecule has 1 atom stereocenters. The van der Waals surface area contributed by atoms with Crippen molar-refractivity contribution < 1.29 is 9.59 Å². The molecule has 0 unspecified atom stereocenters. The van der Waals surface area contributed by atoms with Gasteiger partial charge in [-0.05, 0) is 42.7 Å². The van der Waals surface area contributed by atoms with Crippen LogP contribution < -0.4 is 15.5 Å². The van der Waals surface area contributed by atoms with E-state index in [2.05, 4.69) is 43.2 Å². The summed E-state index contributed by atoms with van der Waals surface area (Å²) in [7, 11) is 0. The second-order valence-electron chi connectivity index (χ2n) is 6.92. The molecule has 1 aliphatic rings. The normalized spacial score (nSPS) is 16.0. The van der Waals surface area contributed by atoms with Gasteiger partial charge in [0.25, 0.3) is 0 Å². The van der Waals surface area contributed by atoms with Crippen LogP contribution >= 0.6 is 23.1 Å². The topological polar surface area (TPSA) is 90.1 Å².